The van der Waals surface area contributed by atoms with Gasteiger partial charge in [-0.3, -0.25) is 0 Å². The van der Waals surface area contributed by atoms with Gasteiger partial charge >= 0.3 is 0 Å². The molecule has 5 N–H and O–H groups in total. The maximum atomic E-state index is 5.65. The first-order valence-electron chi connectivity index (χ1n) is 7.96. The molecule has 3 heterocycles. The van der Waals surface area contributed by atoms with E-state index in [1.54, 1.807) is 12.4 Å². The van der Waals surface area contributed by atoms with Crippen LogP contribution in [-0.2, 0) is 0 Å². The molecule has 3 rings (SSSR count). The second-order valence-corrected chi connectivity index (χ2v) is 5.18. The van der Waals surface area contributed by atoms with E-state index in [4.69, 9.17) is 9.47 Å². The van der Waals surface area contributed by atoms with Crippen LogP contribution in [0.15, 0.2) is 36.7 Å². The number of nitrogens with zero attached hydrogens (tertiary/aromatic N) is 3. The van der Waals surface area contributed by atoms with Crippen molar-refractivity contribution in [3.8, 4) is 11.6 Å². The minimum atomic E-state index is 0. The van der Waals surface area contributed by atoms with E-state index in [0.717, 1.165) is 28.2 Å². The monoisotopic (exact) mass is 396 g/mol. The summed E-state index contributed by atoms with van der Waals surface area (Å²) in [5.74, 6) is 1.38. The van der Waals surface area contributed by atoms with Crippen molar-refractivity contribution >= 4 is 34.8 Å². The van der Waals surface area contributed by atoms with Gasteiger partial charge in [-0.2, -0.15) is 0 Å². The van der Waals surface area contributed by atoms with Crippen LogP contribution in [0.5, 0.6) is 11.6 Å². The fraction of sp³-hybridized carbons (Fsp3) is 0.278. The minimum absolute atomic E-state index is 0. The highest BCUT2D eigenvalue weighted by Crippen LogP contribution is 2.29. The van der Waals surface area contributed by atoms with Crippen LogP contribution in [0, 0.1) is 6.92 Å². The Morgan fingerprint density at radius 2 is 1.74 bits per heavy atom. The van der Waals surface area contributed by atoms with Crippen molar-refractivity contribution in [2.45, 2.75) is 20.8 Å². The topological polar surface area (TPSA) is 132 Å². The van der Waals surface area contributed by atoms with Crippen LogP contribution in [0.1, 0.15) is 19.5 Å². The number of aryl methyl sites for hydroxylation is 1. The predicted molar refractivity (Wildman–Crippen MR) is 109 cm³/mol. The summed E-state index contributed by atoms with van der Waals surface area (Å²) in [5.41, 5.74) is 3.28. The molecule has 9 heteroatoms. The Bertz CT molecular complexity index is 847. The summed E-state index contributed by atoms with van der Waals surface area (Å²) < 4.78 is 11.0. The summed E-state index contributed by atoms with van der Waals surface area (Å²) in [7, 11) is 0. The zero-order valence-corrected chi connectivity index (χ0v) is 16.3. The minimum Gasteiger partial charge on any atom is -0.492 e. The van der Waals surface area contributed by atoms with E-state index in [-0.39, 0.29) is 23.4 Å². The number of rotatable bonds is 6. The summed E-state index contributed by atoms with van der Waals surface area (Å²) in [4.78, 5) is 13.1. The summed E-state index contributed by atoms with van der Waals surface area (Å²) in [6.45, 7) is 7.00. The molecule has 0 aliphatic carbocycles. The zero-order chi connectivity index (χ0) is 16.9. The van der Waals surface area contributed by atoms with E-state index >= 15 is 0 Å². The Labute approximate surface area is 164 Å². The normalized spacial score (nSPS) is 9.44. The van der Waals surface area contributed by atoms with Crippen LogP contribution in [0.3, 0.4) is 0 Å². The number of pyridine rings is 3. The smallest absolute Gasteiger partial charge is 0.213 e. The van der Waals surface area contributed by atoms with Crippen LogP contribution >= 0.6 is 12.4 Å². The summed E-state index contributed by atoms with van der Waals surface area (Å²) in [6.07, 6.45) is 3.47. The van der Waals surface area contributed by atoms with Crippen molar-refractivity contribution < 1.29 is 20.4 Å². The molecule has 0 unspecified atom stereocenters. The van der Waals surface area contributed by atoms with E-state index in [1.807, 2.05) is 45.0 Å². The molecule has 0 fully saturated rings. The number of nitrogens with one attached hydrogen (secondary N) is 1. The van der Waals surface area contributed by atoms with Crippen LogP contribution in [-0.4, -0.2) is 39.1 Å². The number of hydrogen-bond donors (Lipinski definition) is 1. The molecule has 0 spiro atoms. The molecule has 27 heavy (non-hydrogen) atoms. The average Bonchev–Trinajstić information content (AvgIpc) is 2.58. The predicted octanol–water partition coefficient (Wildman–Crippen LogP) is 2.65. The Kier molecular flexibility index (Phi) is 10.0. The lowest BCUT2D eigenvalue weighted by molar-refractivity contribution is 0.327. The maximum Gasteiger partial charge on any atom is 0.213 e. The van der Waals surface area contributed by atoms with Gasteiger partial charge < -0.3 is 25.7 Å². The first-order chi connectivity index (χ1) is 11.7. The van der Waals surface area contributed by atoms with Crippen molar-refractivity contribution in [3.05, 3.63) is 42.4 Å². The van der Waals surface area contributed by atoms with Gasteiger partial charge in [0.1, 0.15) is 5.75 Å². The van der Waals surface area contributed by atoms with Gasteiger partial charge in [0.05, 0.1) is 36.5 Å². The molecule has 0 saturated carbocycles. The first-order valence-corrected chi connectivity index (χ1v) is 7.96. The molecule has 0 atom stereocenters. The van der Waals surface area contributed by atoms with Crippen LogP contribution in [0.2, 0.25) is 0 Å². The summed E-state index contributed by atoms with van der Waals surface area (Å²) >= 11 is 0. The molecule has 0 aliphatic rings. The van der Waals surface area contributed by atoms with Gasteiger partial charge in [0.25, 0.3) is 0 Å². The van der Waals surface area contributed by atoms with E-state index in [2.05, 4.69) is 20.3 Å². The third-order valence-electron chi connectivity index (χ3n) is 3.48. The third kappa shape index (κ3) is 5.65. The zero-order valence-electron chi connectivity index (χ0n) is 15.4. The van der Waals surface area contributed by atoms with Crippen molar-refractivity contribution in [3.63, 3.8) is 0 Å². The first kappa shape index (κ1) is 24.3. The fourth-order valence-electron chi connectivity index (χ4n) is 2.40. The van der Waals surface area contributed by atoms with Crippen molar-refractivity contribution in [1.82, 2.24) is 15.0 Å². The highest BCUT2D eigenvalue weighted by molar-refractivity contribution is 5.91. The van der Waals surface area contributed by atoms with Gasteiger partial charge in [0.15, 0.2) is 5.65 Å². The molecule has 0 radical (unpaired) electrons. The Balaban J connectivity index is 0.00000225. The molecule has 0 bridgehead atoms. The highest BCUT2D eigenvalue weighted by Gasteiger charge is 2.09. The molecule has 0 aliphatic heterocycles. The summed E-state index contributed by atoms with van der Waals surface area (Å²) in [6, 6.07) is 7.64. The van der Waals surface area contributed by atoms with E-state index in [9.17, 15) is 0 Å². The lowest BCUT2D eigenvalue weighted by atomic mass is 10.2. The molecule has 0 saturated heterocycles. The molecule has 0 amide bonds. The van der Waals surface area contributed by atoms with E-state index in [1.165, 1.54) is 0 Å². The molecule has 0 aromatic carbocycles. The van der Waals surface area contributed by atoms with Crippen molar-refractivity contribution in [2.24, 2.45) is 0 Å². The van der Waals surface area contributed by atoms with Gasteiger partial charge in [-0.15, -0.1) is 12.4 Å². The number of halogens is 1. The van der Waals surface area contributed by atoms with Gasteiger partial charge in [-0.1, -0.05) is 0 Å². The Morgan fingerprint density at radius 1 is 1.00 bits per heavy atom. The second-order valence-electron chi connectivity index (χ2n) is 5.18. The number of hydrogen-bond acceptors (Lipinski definition) is 6. The van der Waals surface area contributed by atoms with Crippen molar-refractivity contribution in [1.29, 1.82) is 0 Å². The highest BCUT2D eigenvalue weighted by atomic mass is 35.5. The maximum absolute atomic E-state index is 5.65. The van der Waals surface area contributed by atoms with Crippen LogP contribution in [0.4, 0.5) is 11.4 Å². The van der Waals surface area contributed by atoms with Gasteiger partial charge in [-0.05, 0) is 39.0 Å². The standard InChI is InChI=1S/C18H20N4O2.ClH.2H2O/c1-4-23-16-10-14-15(8-9-19-18(14)21-12(16)3)22-13-6-7-17(20-11-13)24-5-2;;;/h6-11H,4-5H2,1-3H3,(H,19,21,22);1H;2*1H2. The van der Waals surface area contributed by atoms with Crippen LogP contribution in [0.25, 0.3) is 11.0 Å². The Morgan fingerprint density at radius 3 is 2.37 bits per heavy atom. The second kappa shape index (κ2) is 11.1. The lowest BCUT2D eigenvalue weighted by Gasteiger charge is -2.12. The summed E-state index contributed by atoms with van der Waals surface area (Å²) in [5, 5.41) is 4.25. The number of aromatic nitrogens is 3. The van der Waals surface area contributed by atoms with Gasteiger partial charge in [0.2, 0.25) is 5.88 Å². The van der Waals surface area contributed by atoms with Gasteiger partial charge in [-0.25, -0.2) is 15.0 Å². The average molecular weight is 397 g/mol. The van der Waals surface area contributed by atoms with E-state index in [0.29, 0.717) is 24.7 Å². The largest absolute Gasteiger partial charge is 0.492 e. The molecular formula is C18H25ClN4O4. The number of anilines is 2. The SMILES string of the molecule is CCOc1ccc(Nc2ccnc3nc(C)c(OCC)cc23)cn1.Cl.O.O. The number of ether oxygens (including phenoxy) is 2. The van der Waals surface area contributed by atoms with Gasteiger partial charge in [0, 0.05) is 17.6 Å². The molecule has 8 nitrogen and oxygen atoms in total. The van der Waals surface area contributed by atoms with Crippen molar-refractivity contribution in [2.75, 3.05) is 18.5 Å². The third-order valence-corrected chi connectivity index (χ3v) is 3.48. The molecule has 3 aromatic rings. The number of fused-ring (bicyclic) bond motifs is 1. The fourth-order valence-corrected chi connectivity index (χ4v) is 2.40. The molecule has 148 valence electrons. The lowest BCUT2D eigenvalue weighted by Crippen LogP contribution is -2.00. The molecular weight excluding hydrogens is 372 g/mol. The van der Waals surface area contributed by atoms with E-state index < -0.39 is 0 Å². The van der Waals surface area contributed by atoms with Crippen LogP contribution < -0.4 is 14.8 Å². The quantitative estimate of drug-likeness (QED) is 0.680. The Hall–Kier alpha value is -2.68. The molecule has 3 aromatic heterocycles.